The SMILES string of the molecule is CC(=O)Nc1ccc(N2CCC(Br)C2=O)cc1. The predicted molar refractivity (Wildman–Crippen MR) is 70.4 cm³/mol. The molecule has 1 unspecified atom stereocenters. The summed E-state index contributed by atoms with van der Waals surface area (Å²) in [7, 11) is 0. The molecule has 1 aliphatic rings. The predicted octanol–water partition coefficient (Wildman–Crippen LogP) is 2.15. The van der Waals surface area contributed by atoms with Gasteiger partial charge >= 0.3 is 0 Å². The van der Waals surface area contributed by atoms with Crippen molar-refractivity contribution in [2.24, 2.45) is 0 Å². The van der Waals surface area contributed by atoms with Crippen molar-refractivity contribution in [2.45, 2.75) is 18.2 Å². The van der Waals surface area contributed by atoms with E-state index in [-0.39, 0.29) is 16.6 Å². The van der Waals surface area contributed by atoms with Crippen molar-refractivity contribution in [2.75, 3.05) is 16.8 Å². The number of rotatable bonds is 2. The fourth-order valence-corrected chi connectivity index (χ4v) is 2.28. The van der Waals surface area contributed by atoms with E-state index in [1.54, 1.807) is 17.0 Å². The molecule has 1 heterocycles. The van der Waals surface area contributed by atoms with E-state index in [2.05, 4.69) is 21.2 Å². The number of nitrogens with one attached hydrogen (secondary N) is 1. The van der Waals surface area contributed by atoms with Gasteiger partial charge in [0.15, 0.2) is 0 Å². The summed E-state index contributed by atoms with van der Waals surface area (Å²) in [5.74, 6) is -0.00667. The highest BCUT2D eigenvalue weighted by atomic mass is 79.9. The normalized spacial score (nSPS) is 19.5. The van der Waals surface area contributed by atoms with Gasteiger partial charge in [-0.1, -0.05) is 15.9 Å². The number of carbonyl (C=O) groups is 2. The largest absolute Gasteiger partial charge is 0.326 e. The van der Waals surface area contributed by atoms with Gasteiger partial charge < -0.3 is 10.2 Å². The zero-order valence-corrected chi connectivity index (χ0v) is 11.0. The highest BCUT2D eigenvalue weighted by Crippen LogP contribution is 2.26. The molecule has 1 aromatic carbocycles. The van der Waals surface area contributed by atoms with Crippen molar-refractivity contribution < 1.29 is 9.59 Å². The number of alkyl halides is 1. The van der Waals surface area contributed by atoms with E-state index in [4.69, 9.17) is 0 Å². The Balaban J connectivity index is 2.13. The third kappa shape index (κ3) is 2.66. The molecule has 0 bridgehead atoms. The molecule has 0 spiro atoms. The summed E-state index contributed by atoms with van der Waals surface area (Å²) in [6.07, 6.45) is 0.826. The summed E-state index contributed by atoms with van der Waals surface area (Å²) < 4.78 is 0. The molecule has 1 fully saturated rings. The van der Waals surface area contributed by atoms with Gasteiger partial charge in [0.25, 0.3) is 0 Å². The quantitative estimate of drug-likeness (QED) is 0.850. The second-order valence-electron chi connectivity index (χ2n) is 3.97. The van der Waals surface area contributed by atoms with Crippen LogP contribution in [0.15, 0.2) is 24.3 Å². The summed E-state index contributed by atoms with van der Waals surface area (Å²) in [6.45, 7) is 2.20. The van der Waals surface area contributed by atoms with Crippen LogP contribution < -0.4 is 10.2 Å². The van der Waals surface area contributed by atoms with Crippen molar-refractivity contribution in [3.8, 4) is 0 Å². The Hall–Kier alpha value is -1.36. The second kappa shape index (κ2) is 4.87. The summed E-state index contributed by atoms with van der Waals surface area (Å²) in [4.78, 5) is 24.3. The van der Waals surface area contributed by atoms with E-state index >= 15 is 0 Å². The summed E-state index contributed by atoms with van der Waals surface area (Å²) in [5.41, 5.74) is 1.61. The lowest BCUT2D eigenvalue weighted by atomic mass is 10.2. The smallest absolute Gasteiger partial charge is 0.240 e. The van der Waals surface area contributed by atoms with Crippen LogP contribution in [0.4, 0.5) is 11.4 Å². The summed E-state index contributed by atoms with van der Waals surface area (Å²) >= 11 is 3.34. The van der Waals surface area contributed by atoms with E-state index in [1.165, 1.54) is 6.92 Å². The van der Waals surface area contributed by atoms with Gasteiger partial charge in [0.2, 0.25) is 11.8 Å². The average molecular weight is 297 g/mol. The molecule has 0 saturated carbocycles. The minimum atomic E-state index is -0.101. The van der Waals surface area contributed by atoms with Crippen LogP contribution in [0.1, 0.15) is 13.3 Å². The Morgan fingerprint density at radius 1 is 1.41 bits per heavy atom. The number of nitrogens with zero attached hydrogens (tertiary/aromatic N) is 1. The Morgan fingerprint density at radius 2 is 2.06 bits per heavy atom. The minimum absolute atomic E-state index is 0.0717. The molecule has 1 N–H and O–H groups in total. The lowest BCUT2D eigenvalue weighted by molar-refractivity contribution is -0.116. The van der Waals surface area contributed by atoms with Crippen LogP contribution in [0, 0.1) is 0 Å². The molecule has 2 rings (SSSR count). The standard InChI is InChI=1S/C12H13BrN2O2/c1-8(16)14-9-2-4-10(5-3-9)15-7-6-11(13)12(15)17/h2-5,11H,6-7H2,1H3,(H,14,16). The van der Waals surface area contributed by atoms with Gasteiger partial charge in [-0.3, -0.25) is 9.59 Å². The minimum Gasteiger partial charge on any atom is -0.326 e. The molecule has 1 aliphatic heterocycles. The first-order chi connectivity index (χ1) is 8.08. The molecular formula is C12H13BrN2O2. The lowest BCUT2D eigenvalue weighted by Crippen LogP contribution is -2.26. The van der Waals surface area contributed by atoms with Crippen molar-refractivity contribution in [1.29, 1.82) is 0 Å². The van der Waals surface area contributed by atoms with Gasteiger partial charge in [0, 0.05) is 24.8 Å². The molecule has 0 aromatic heterocycles. The van der Waals surface area contributed by atoms with Gasteiger partial charge in [-0.2, -0.15) is 0 Å². The Bertz CT molecular complexity index is 444. The van der Waals surface area contributed by atoms with Crippen LogP contribution in [0.5, 0.6) is 0 Å². The maximum Gasteiger partial charge on any atom is 0.240 e. The van der Waals surface area contributed by atoms with Gasteiger partial charge in [0.1, 0.15) is 0 Å². The van der Waals surface area contributed by atoms with E-state index in [1.807, 2.05) is 12.1 Å². The van der Waals surface area contributed by atoms with Gasteiger partial charge in [-0.25, -0.2) is 0 Å². The Morgan fingerprint density at radius 3 is 2.53 bits per heavy atom. The van der Waals surface area contributed by atoms with Crippen LogP contribution in [-0.4, -0.2) is 23.2 Å². The Labute approximate surface area is 108 Å². The molecule has 1 aromatic rings. The van der Waals surface area contributed by atoms with Crippen LogP contribution in [-0.2, 0) is 9.59 Å². The number of hydrogen-bond donors (Lipinski definition) is 1. The molecule has 1 saturated heterocycles. The average Bonchev–Trinajstić information content (AvgIpc) is 2.60. The van der Waals surface area contributed by atoms with Gasteiger partial charge in [0.05, 0.1) is 4.83 Å². The monoisotopic (exact) mass is 296 g/mol. The third-order valence-electron chi connectivity index (χ3n) is 2.64. The first kappa shape index (κ1) is 12.1. The first-order valence-corrected chi connectivity index (χ1v) is 6.32. The fourth-order valence-electron chi connectivity index (χ4n) is 1.83. The topological polar surface area (TPSA) is 49.4 Å². The molecular weight excluding hydrogens is 284 g/mol. The molecule has 2 amide bonds. The number of benzene rings is 1. The van der Waals surface area contributed by atoms with Crippen LogP contribution in [0.2, 0.25) is 0 Å². The number of anilines is 2. The molecule has 17 heavy (non-hydrogen) atoms. The number of halogens is 1. The fraction of sp³-hybridized carbons (Fsp3) is 0.333. The highest BCUT2D eigenvalue weighted by molar-refractivity contribution is 9.10. The lowest BCUT2D eigenvalue weighted by Gasteiger charge is -2.16. The van der Waals surface area contributed by atoms with Crippen LogP contribution >= 0.6 is 15.9 Å². The van der Waals surface area contributed by atoms with Gasteiger partial charge in [-0.15, -0.1) is 0 Å². The number of amides is 2. The zero-order chi connectivity index (χ0) is 12.4. The van der Waals surface area contributed by atoms with E-state index < -0.39 is 0 Å². The van der Waals surface area contributed by atoms with E-state index in [0.717, 1.165) is 24.3 Å². The highest BCUT2D eigenvalue weighted by Gasteiger charge is 2.30. The molecule has 5 heteroatoms. The van der Waals surface area contributed by atoms with E-state index in [9.17, 15) is 9.59 Å². The zero-order valence-electron chi connectivity index (χ0n) is 9.44. The maximum atomic E-state index is 11.8. The number of hydrogen-bond acceptors (Lipinski definition) is 2. The molecule has 0 aliphatic carbocycles. The van der Waals surface area contributed by atoms with E-state index in [0.29, 0.717) is 0 Å². The van der Waals surface area contributed by atoms with Crippen LogP contribution in [0.25, 0.3) is 0 Å². The molecule has 4 nitrogen and oxygen atoms in total. The van der Waals surface area contributed by atoms with Gasteiger partial charge in [-0.05, 0) is 30.7 Å². The van der Waals surface area contributed by atoms with Crippen molar-refractivity contribution >= 4 is 39.1 Å². The Kier molecular flexibility index (Phi) is 3.47. The summed E-state index contributed by atoms with van der Waals surface area (Å²) in [5, 5.41) is 2.69. The summed E-state index contributed by atoms with van der Waals surface area (Å²) in [6, 6.07) is 7.28. The van der Waals surface area contributed by atoms with Crippen molar-refractivity contribution in [1.82, 2.24) is 0 Å². The second-order valence-corrected chi connectivity index (χ2v) is 5.08. The molecule has 1 atom stereocenters. The van der Waals surface area contributed by atoms with Crippen molar-refractivity contribution in [3.63, 3.8) is 0 Å². The molecule has 90 valence electrons. The third-order valence-corrected chi connectivity index (χ3v) is 3.49. The van der Waals surface area contributed by atoms with Crippen molar-refractivity contribution in [3.05, 3.63) is 24.3 Å². The number of carbonyl (C=O) groups excluding carboxylic acids is 2. The maximum absolute atomic E-state index is 11.8. The van der Waals surface area contributed by atoms with Crippen LogP contribution in [0.3, 0.4) is 0 Å². The molecule has 0 radical (unpaired) electrons. The first-order valence-electron chi connectivity index (χ1n) is 5.41.